The Morgan fingerprint density at radius 3 is 1.88 bits per heavy atom. The van der Waals surface area contributed by atoms with E-state index in [2.05, 4.69) is 5.32 Å². The minimum absolute atomic E-state index is 0.0475. The number of nitrogens with zero attached hydrogens (tertiary/aromatic N) is 1. The highest BCUT2D eigenvalue weighted by Gasteiger charge is 2.30. The van der Waals surface area contributed by atoms with Gasteiger partial charge in [-0.15, -0.1) is 0 Å². The molecular weight excluding hydrogens is 512 g/mol. The lowest BCUT2D eigenvalue weighted by Crippen LogP contribution is -2.50. The summed E-state index contributed by atoms with van der Waals surface area (Å²) in [7, 11) is 3.21. The predicted molar refractivity (Wildman–Crippen MR) is 162 cm³/mol. The number of rotatable bonds is 14. The number of amides is 2. The smallest absolute Gasteiger partial charge is 0.243 e. The lowest BCUT2D eigenvalue weighted by molar-refractivity contribution is -0.141. The van der Waals surface area contributed by atoms with Crippen LogP contribution in [0, 0.1) is 0 Å². The summed E-state index contributed by atoms with van der Waals surface area (Å²) < 4.78 is 10.8. The Kier molecular flexibility index (Phi) is 11.0. The van der Waals surface area contributed by atoms with Gasteiger partial charge in [-0.05, 0) is 47.2 Å². The zero-order valence-electron chi connectivity index (χ0n) is 23.8. The van der Waals surface area contributed by atoms with Gasteiger partial charge in [-0.25, -0.2) is 0 Å². The topological polar surface area (TPSA) is 67.9 Å². The normalized spacial score (nSPS) is 11.4. The molecule has 0 saturated carbocycles. The van der Waals surface area contributed by atoms with E-state index in [1.165, 1.54) is 0 Å². The monoisotopic (exact) mass is 550 g/mol. The fourth-order valence-electron chi connectivity index (χ4n) is 4.86. The first-order chi connectivity index (χ1) is 20.1. The second-order valence-corrected chi connectivity index (χ2v) is 9.93. The molecular formula is C35H38N2O4. The van der Waals surface area contributed by atoms with Crippen molar-refractivity contribution in [3.8, 4) is 11.5 Å². The van der Waals surface area contributed by atoms with Gasteiger partial charge in [0.25, 0.3) is 0 Å². The highest BCUT2D eigenvalue weighted by atomic mass is 16.5. The molecule has 6 heteroatoms. The number of aryl methyl sites for hydroxylation is 1. The molecule has 4 aromatic carbocycles. The summed E-state index contributed by atoms with van der Waals surface area (Å²) in [6.07, 6.45) is 1.97. The van der Waals surface area contributed by atoms with E-state index in [0.29, 0.717) is 50.3 Å². The van der Waals surface area contributed by atoms with Crippen LogP contribution in [0.5, 0.6) is 11.5 Å². The van der Waals surface area contributed by atoms with Gasteiger partial charge in [-0.2, -0.15) is 0 Å². The molecule has 0 aliphatic rings. The van der Waals surface area contributed by atoms with Crippen molar-refractivity contribution < 1.29 is 19.1 Å². The van der Waals surface area contributed by atoms with Crippen LogP contribution in [0.25, 0.3) is 0 Å². The van der Waals surface area contributed by atoms with Crippen molar-refractivity contribution in [2.24, 2.45) is 0 Å². The molecule has 0 fully saturated rings. The number of carbonyl (C=O) groups is 2. The molecule has 0 saturated heterocycles. The van der Waals surface area contributed by atoms with Crippen molar-refractivity contribution >= 4 is 11.8 Å². The Morgan fingerprint density at radius 2 is 1.27 bits per heavy atom. The lowest BCUT2D eigenvalue weighted by atomic mass is 10.0. The van der Waals surface area contributed by atoms with E-state index < -0.39 is 6.04 Å². The van der Waals surface area contributed by atoms with Crippen LogP contribution < -0.4 is 14.8 Å². The van der Waals surface area contributed by atoms with Gasteiger partial charge in [0.2, 0.25) is 11.8 Å². The first-order valence-corrected chi connectivity index (χ1v) is 14.0. The van der Waals surface area contributed by atoms with E-state index in [4.69, 9.17) is 9.47 Å². The minimum Gasteiger partial charge on any atom is -0.493 e. The van der Waals surface area contributed by atoms with Crippen molar-refractivity contribution in [3.63, 3.8) is 0 Å². The second kappa shape index (κ2) is 15.3. The average Bonchev–Trinajstić information content (AvgIpc) is 3.02. The van der Waals surface area contributed by atoms with Crippen LogP contribution in [0.1, 0.15) is 28.7 Å². The van der Waals surface area contributed by atoms with Gasteiger partial charge in [-0.3, -0.25) is 9.59 Å². The number of hydrogen-bond donors (Lipinski definition) is 1. The highest BCUT2D eigenvalue weighted by Crippen LogP contribution is 2.27. The van der Waals surface area contributed by atoms with Gasteiger partial charge in [0.05, 0.1) is 14.2 Å². The first kappa shape index (κ1) is 29.4. The Hall–Kier alpha value is -4.58. The Balaban J connectivity index is 1.54. The zero-order chi connectivity index (χ0) is 28.9. The molecule has 0 aliphatic carbocycles. The summed E-state index contributed by atoms with van der Waals surface area (Å²) >= 11 is 0. The van der Waals surface area contributed by atoms with Gasteiger partial charge >= 0.3 is 0 Å². The largest absolute Gasteiger partial charge is 0.493 e. The number of benzene rings is 4. The molecule has 0 aromatic heterocycles. The molecule has 0 radical (unpaired) electrons. The minimum atomic E-state index is -0.661. The van der Waals surface area contributed by atoms with Crippen molar-refractivity contribution in [2.45, 2.75) is 38.3 Å². The highest BCUT2D eigenvalue weighted by molar-refractivity contribution is 5.88. The van der Waals surface area contributed by atoms with Crippen LogP contribution in [0.4, 0.5) is 0 Å². The maximum absolute atomic E-state index is 13.8. The fraction of sp³-hybridized carbons (Fsp3) is 0.257. The molecule has 6 nitrogen and oxygen atoms in total. The van der Waals surface area contributed by atoms with Crippen molar-refractivity contribution in [1.29, 1.82) is 0 Å². The maximum Gasteiger partial charge on any atom is 0.243 e. The van der Waals surface area contributed by atoms with Crippen LogP contribution in [-0.2, 0) is 35.4 Å². The molecule has 0 aliphatic heterocycles. The third-order valence-electron chi connectivity index (χ3n) is 7.10. The van der Waals surface area contributed by atoms with Crippen LogP contribution in [0.2, 0.25) is 0 Å². The number of ether oxygens (including phenoxy) is 2. The third kappa shape index (κ3) is 8.70. The van der Waals surface area contributed by atoms with E-state index in [1.54, 1.807) is 19.1 Å². The van der Waals surface area contributed by atoms with Crippen molar-refractivity contribution in [3.05, 3.63) is 131 Å². The quantitative estimate of drug-likeness (QED) is 0.221. The standard InChI is InChI=1S/C35H38N2O4/c1-40-32-20-18-29(25-33(32)41-2)22-23-36-35(39)31(24-28-14-8-4-9-15-28)37(26-30-16-10-5-11-17-30)34(38)21-19-27-12-6-3-7-13-27/h3-18,20,25,31H,19,21-24,26H2,1-2H3,(H,36,39)/t31-/m1/s1. The predicted octanol–water partition coefficient (Wildman–Crippen LogP) is 5.64. The molecule has 1 N–H and O–H groups in total. The van der Waals surface area contributed by atoms with E-state index in [9.17, 15) is 9.59 Å². The summed E-state index contributed by atoms with van der Waals surface area (Å²) in [6.45, 7) is 0.784. The summed E-state index contributed by atoms with van der Waals surface area (Å²) in [4.78, 5) is 29.4. The number of carbonyl (C=O) groups excluding carboxylic acids is 2. The van der Waals surface area contributed by atoms with Gasteiger partial charge in [-0.1, -0.05) is 97.1 Å². The third-order valence-corrected chi connectivity index (χ3v) is 7.10. The van der Waals surface area contributed by atoms with E-state index in [0.717, 1.165) is 22.3 Å². The molecule has 0 heterocycles. The summed E-state index contributed by atoms with van der Waals surface area (Å²) in [5.74, 6) is 1.09. The van der Waals surface area contributed by atoms with Crippen LogP contribution in [0.15, 0.2) is 109 Å². The molecule has 0 bridgehead atoms. The molecule has 4 rings (SSSR count). The number of nitrogens with one attached hydrogen (secondary N) is 1. The molecule has 4 aromatic rings. The van der Waals surface area contributed by atoms with Crippen LogP contribution in [-0.4, -0.2) is 43.5 Å². The molecule has 2 amide bonds. The molecule has 41 heavy (non-hydrogen) atoms. The Bertz CT molecular complexity index is 1380. The molecule has 0 unspecified atom stereocenters. The van der Waals surface area contributed by atoms with E-state index in [-0.39, 0.29) is 11.8 Å². The van der Waals surface area contributed by atoms with E-state index >= 15 is 0 Å². The first-order valence-electron chi connectivity index (χ1n) is 14.0. The average molecular weight is 551 g/mol. The Morgan fingerprint density at radius 1 is 0.683 bits per heavy atom. The SMILES string of the molecule is COc1ccc(CCNC(=O)[C@@H](Cc2ccccc2)N(Cc2ccccc2)C(=O)CCc2ccccc2)cc1OC. The Labute approximate surface area is 242 Å². The zero-order valence-corrected chi connectivity index (χ0v) is 23.8. The maximum atomic E-state index is 13.8. The van der Waals surface area contributed by atoms with Gasteiger partial charge in [0.1, 0.15) is 6.04 Å². The second-order valence-electron chi connectivity index (χ2n) is 9.93. The van der Waals surface area contributed by atoms with Gasteiger partial charge < -0.3 is 19.7 Å². The summed E-state index contributed by atoms with van der Waals surface area (Å²) in [5, 5.41) is 3.11. The van der Waals surface area contributed by atoms with Crippen molar-refractivity contribution in [2.75, 3.05) is 20.8 Å². The van der Waals surface area contributed by atoms with E-state index in [1.807, 2.05) is 109 Å². The lowest BCUT2D eigenvalue weighted by Gasteiger charge is -2.31. The summed E-state index contributed by atoms with van der Waals surface area (Å²) in [6, 6.07) is 34.8. The molecule has 0 spiro atoms. The van der Waals surface area contributed by atoms with Gasteiger partial charge in [0.15, 0.2) is 11.5 Å². The van der Waals surface area contributed by atoms with Crippen LogP contribution in [0.3, 0.4) is 0 Å². The molecule has 1 atom stereocenters. The summed E-state index contributed by atoms with van der Waals surface area (Å²) in [5.41, 5.74) is 4.10. The van der Waals surface area contributed by atoms with Crippen LogP contribution >= 0.6 is 0 Å². The number of hydrogen-bond acceptors (Lipinski definition) is 4. The molecule has 212 valence electrons. The number of methoxy groups -OCH3 is 2. The fourth-order valence-corrected chi connectivity index (χ4v) is 4.86. The van der Waals surface area contributed by atoms with Crippen molar-refractivity contribution in [1.82, 2.24) is 10.2 Å². The van der Waals surface area contributed by atoms with Gasteiger partial charge in [0, 0.05) is 25.9 Å².